The number of rotatable bonds is 4. The minimum Gasteiger partial charge on any atom is -0.316 e. The average molecular weight is 364 g/mol. The Morgan fingerprint density at radius 1 is 1.17 bits per heavy atom. The fraction of sp³-hybridized carbons (Fsp3) is 0.176. The number of aromatic nitrogens is 1. The van der Waals surface area contributed by atoms with Crippen molar-refractivity contribution in [2.24, 2.45) is 4.99 Å². The highest BCUT2D eigenvalue weighted by molar-refractivity contribution is 7.98. The summed E-state index contributed by atoms with van der Waals surface area (Å²) in [6, 6.07) is 9.80. The van der Waals surface area contributed by atoms with Crippen LogP contribution in [0.15, 0.2) is 47.5 Å². The lowest BCUT2D eigenvalue weighted by molar-refractivity contribution is 0.0998. The van der Waals surface area contributed by atoms with E-state index >= 15 is 0 Å². The number of hydrogen-bond donors (Lipinski definition) is 0. The van der Waals surface area contributed by atoms with Gasteiger partial charge in [-0.05, 0) is 48.7 Å². The van der Waals surface area contributed by atoms with Gasteiger partial charge in [-0.3, -0.25) is 4.79 Å². The van der Waals surface area contributed by atoms with Crippen LogP contribution < -0.4 is 4.80 Å². The van der Waals surface area contributed by atoms with Crippen molar-refractivity contribution in [3.63, 3.8) is 0 Å². The van der Waals surface area contributed by atoms with Crippen LogP contribution in [0.3, 0.4) is 0 Å². The topological polar surface area (TPSA) is 34.4 Å². The second kappa shape index (κ2) is 7.27. The number of nitrogens with zero attached hydrogens (tertiary/aromatic N) is 2. The number of carbonyl (C=O) groups is 1. The van der Waals surface area contributed by atoms with E-state index in [0.29, 0.717) is 16.9 Å². The average Bonchev–Trinajstić information content (AvgIpc) is 2.89. The van der Waals surface area contributed by atoms with Crippen LogP contribution in [-0.2, 0) is 6.54 Å². The van der Waals surface area contributed by atoms with Gasteiger partial charge in [0.05, 0.1) is 10.2 Å². The standard InChI is InChI=1S/C17H14F2N2OS2/c1-23-9-8-21-14-7-6-13(19)10-15(14)24-17(21)20-16(22)11-2-4-12(18)5-3-11/h2-7,10H,8-9H2,1H3. The molecule has 0 atom stereocenters. The third-order valence-corrected chi connectivity index (χ3v) is 5.08. The van der Waals surface area contributed by atoms with E-state index in [1.807, 2.05) is 10.8 Å². The summed E-state index contributed by atoms with van der Waals surface area (Å²) in [5, 5.41) is 0. The first-order chi connectivity index (χ1) is 11.6. The summed E-state index contributed by atoms with van der Waals surface area (Å²) < 4.78 is 29.1. The fourth-order valence-corrected chi connectivity index (χ4v) is 3.72. The third-order valence-electron chi connectivity index (χ3n) is 3.45. The van der Waals surface area contributed by atoms with Crippen molar-refractivity contribution in [3.8, 4) is 0 Å². The van der Waals surface area contributed by atoms with Crippen LogP contribution in [-0.4, -0.2) is 22.5 Å². The summed E-state index contributed by atoms with van der Waals surface area (Å²) in [4.78, 5) is 17.0. The van der Waals surface area contributed by atoms with Crippen LogP contribution in [0.2, 0.25) is 0 Å². The van der Waals surface area contributed by atoms with Gasteiger partial charge in [0.1, 0.15) is 11.6 Å². The summed E-state index contributed by atoms with van der Waals surface area (Å²) in [6.45, 7) is 0.669. The monoisotopic (exact) mass is 364 g/mol. The molecule has 1 amide bonds. The second-order valence-electron chi connectivity index (χ2n) is 5.06. The lowest BCUT2D eigenvalue weighted by atomic mass is 10.2. The molecule has 7 heteroatoms. The molecule has 0 aliphatic rings. The summed E-state index contributed by atoms with van der Waals surface area (Å²) in [5.41, 5.74) is 1.16. The molecule has 0 aliphatic carbocycles. The van der Waals surface area contributed by atoms with Crippen LogP contribution in [0, 0.1) is 11.6 Å². The highest BCUT2D eigenvalue weighted by atomic mass is 32.2. The van der Waals surface area contributed by atoms with E-state index in [4.69, 9.17) is 0 Å². The predicted molar refractivity (Wildman–Crippen MR) is 94.4 cm³/mol. The Balaban J connectivity index is 2.09. The van der Waals surface area contributed by atoms with Gasteiger partial charge in [0, 0.05) is 17.9 Å². The van der Waals surface area contributed by atoms with E-state index in [9.17, 15) is 13.6 Å². The molecule has 0 spiro atoms. The summed E-state index contributed by atoms with van der Waals surface area (Å²) in [7, 11) is 0. The molecule has 0 saturated heterocycles. The van der Waals surface area contributed by atoms with Crippen LogP contribution in [0.1, 0.15) is 10.4 Å². The zero-order valence-electron chi connectivity index (χ0n) is 12.8. The Bertz CT molecular complexity index is 945. The molecule has 1 heterocycles. The Morgan fingerprint density at radius 3 is 2.58 bits per heavy atom. The van der Waals surface area contributed by atoms with Crippen LogP contribution in [0.5, 0.6) is 0 Å². The number of thioether (sulfide) groups is 1. The number of aryl methyl sites for hydroxylation is 1. The van der Waals surface area contributed by atoms with E-state index in [2.05, 4.69) is 4.99 Å². The molecule has 24 heavy (non-hydrogen) atoms. The number of carbonyl (C=O) groups excluding carboxylic acids is 1. The maximum absolute atomic E-state index is 13.5. The normalized spacial score (nSPS) is 12.0. The van der Waals surface area contributed by atoms with Crippen LogP contribution >= 0.6 is 23.1 Å². The second-order valence-corrected chi connectivity index (χ2v) is 7.06. The molecule has 0 fully saturated rings. The molecule has 0 radical (unpaired) electrons. The lowest BCUT2D eigenvalue weighted by Crippen LogP contribution is -2.18. The van der Waals surface area contributed by atoms with Gasteiger partial charge in [-0.1, -0.05) is 11.3 Å². The Hall–Kier alpha value is -1.99. The van der Waals surface area contributed by atoms with Gasteiger partial charge in [0.25, 0.3) is 5.91 Å². The van der Waals surface area contributed by atoms with Crippen molar-refractivity contribution in [2.75, 3.05) is 12.0 Å². The third kappa shape index (κ3) is 3.57. The van der Waals surface area contributed by atoms with E-state index in [-0.39, 0.29) is 5.82 Å². The zero-order chi connectivity index (χ0) is 17.1. The molecule has 0 aliphatic heterocycles. The van der Waals surface area contributed by atoms with Crippen molar-refractivity contribution in [1.29, 1.82) is 0 Å². The highest BCUT2D eigenvalue weighted by Crippen LogP contribution is 2.19. The van der Waals surface area contributed by atoms with Gasteiger partial charge in [0.15, 0.2) is 4.80 Å². The number of thiazole rings is 1. The molecule has 3 nitrogen and oxygen atoms in total. The lowest BCUT2D eigenvalue weighted by Gasteiger charge is -2.03. The van der Waals surface area contributed by atoms with Crippen LogP contribution in [0.4, 0.5) is 8.78 Å². The minimum absolute atomic E-state index is 0.316. The molecule has 0 bridgehead atoms. The van der Waals surface area contributed by atoms with Gasteiger partial charge in [-0.25, -0.2) is 8.78 Å². The van der Waals surface area contributed by atoms with Crippen molar-refractivity contribution in [1.82, 2.24) is 4.57 Å². The van der Waals surface area contributed by atoms with Gasteiger partial charge >= 0.3 is 0 Å². The molecular weight excluding hydrogens is 350 g/mol. The minimum atomic E-state index is -0.445. The fourth-order valence-electron chi connectivity index (χ4n) is 2.27. The van der Waals surface area contributed by atoms with E-state index in [0.717, 1.165) is 16.0 Å². The number of benzene rings is 2. The smallest absolute Gasteiger partial charge is 0.279 e. The Kier molecular flexibility index (Phi) is 5.11. The molecular formula is C17H14F2N2OS2. The van der Waals surface area contributed by atoms with Crippen LogP contribution in [0.25, 0.3) is 10.2 Å². The summed E-state index contributed by atoms with van der Waals surface area (Å²) in [6.07, 6.45) is 2.00. The van der Waals surface area contributed by atoms with E-state index in [1.54, 1.807) is 17.8 Å². The zero-order valence-corrected chi connectivity index (χ0v) is 14.5. The molecule has 124 valence electrons. The number of amides is 1. The molecule has 0 N–H and O–H groups in total. The number of halogens is 2. The quantitative estimate of drug-likeness (QED) is 0.699. The van der Waals surface area contributed by atoms with Gasteiger partial charge in [0.2, 0.25) is 0 Å². The maximum Gasteiger partial charge on any atom is 0.279 e. The van der Waals surface area contributed by atoms with Gasteiger partial charge in [-0.15, -0.1) is 0 Å². The number of hydrogen-bond acceptors (Lipinski definition) is 3. The first-order valence-electron chi connectivity index (χ1n) is 7.21. The number of fused-ring (bicyclic) bond motifs is 1. The molecule has 2 aromatic carbocycles. The molecule has 3 aromatic rings. The highest BCUT2D eigenvalue weighted by Gasteiger charge is 2.10. The Morgan fingerprint density at radius 2 is 1.88 bits per heavy atom. The largest absolute Gasteiger partial charge is 0.316 e. The van der Waals surface area contributed by atoms with Gasteiger partial charge in [-0.2, -0.15) is 16.8 Å². The van der Waals surface area contributed by atoms with E-state index in [1.165, 1.54) is 47.7 Å². The Labute approximate surface area is 145 Å². The molecule has 0 unspecified atom stereocenters. The first kappa shape index (κ1) is 16.9. The maximum atomic E-state index is 13.5. The molecule has 0 saturated carbocycles. The molecule has 1 aromatic heterocycles. The van der Waals surface area contributed by atoms with Crippen molar-refractivity contribution in [2.45, 2.75) is 6.54 Å². The summed E-state index contributed by atoms with van der Waals surface area (Å²) in [5.74, 6) is -0.322. The predicted octanol–water partition coefficient (Wildman–Crippen LogP) is 4.09. The first-order valence-corrected chi connectivity index (χ1v) is 9.42. The SMILES string of the molecule is CSCCn1c(=NC(=O)c2ccc(F)cc2)sc2cc(F)ccc21. The van der Waals surface area contributed by atoms with Crippen molar-refractivity contribution >= 4 is 39.2 Å². The van der Waals surface area contributed by atoms with Crippen molar-refractivity contribution < 1.29 is 13.6 Å². The molecule has 3 rings (SSSR count). The summed E-state index contributed by atoms with van der Waals surface area (Å²) >= 11 is 2.95. The van der Waals surface area contributed by atoms with E-state index < -0.39 is 11.7 Å². The van der Waals surface area contributed by atoms with Gasteiger partial charge < -0.3 is 4.57 Å². The van der Waals surface area contributed by atoms with Crippen molar-refractivity contribution in [3.05, 3.63) is 64.5 Å².